The van der Waals surface area contributed by atoms with E-state index < -0.39 is 0 Å². The third-order valence-electron chi connectivity index (χ3n) is 2.52. The first kappa shape index (κ1) is 12.4. The van der Waals surface area contributed by atoms with Gasteiger partial charge in [-0.3, -0.25) is 4.79 Å². The van der Waals surface area contributed by atoms with Crippen LogP contribution in [0.15, 0.2) is 49.1 Å². The SMILES string of the molecule is C=CCCCCC(=CC=O)c1ccccc1. The highest BCUT2D eigenvalue weighted by atomic mass is 16.1. The Morgan fingerprint density at radius 2 is 1.94 bits per heavy atom. The molecule has 0 heterocycles. The second-order valence-corrected chi connectivity index (χ2v) is 3.73. The molecule has 0 radical (unpaired) electrons. The molecule has 0 unspecified atom stereocenters. The number of unbranched alkanes of at least 4 members (excludes halogenated alkanes) is 2. The lowest BCUT2D eigenvalue weighted by Gasteiger charge is -2.06. The molecule has 0 bridgehead atoms. The molecule has 16 heavy (non-hydrogen) atoms. The number of allylic oxidation sites excluding steroid dienone is 3. The minimum absolute atomic E-state index is 0.871. The van der Waals surface area contributed by atoms with Crippen molar-refractivity contribution in [1.29, 1.82) is 0 Å². The fourth-order valence-electron chi connectivity index (χ4n) is 1.66. The van der Waals surface area contributed by atoms with Gasteiger partial charge in [0.1, 0.15) is 6.29 Å². The number of carbonyl (C=O) groups is 1. The molecule has 0 aliphatic heterocycles. The Kier molecular flexibility index (Phi) is 5.94. The number of hydrogen-bond donors (Lipinski definition) is 0. The predicted molar refractivity (Wildman–Crippen MR) is 69.1 cm³/mol. The normalized spacial score (nSPS) is 11.1. The maximum Gasteiger partial charge on any atom is 0.143 e. The average Bonchev–Trinajstić information content (AvgIpc) is 2.34. The van der Waals surface area contributed by atoms with Crippen molar-refractivity contribution >= 4 is 11.9 Å². The highest BCUT2D eigenvalue weighted by Crippen LogP contribution is 2.20. The number of aldehydes is 1. The van der Waals surface area contributed by atoms with Crippen molar-refractivity contribution in [3.63, 3.8) is 0 Å². The molecule has 1 aromatic rings. The molecule has 0 saturated carbocycles. The lowest BCUT2D eigenvalue weighted by molar-refractivity contribution is -0.104. The van der Waals surface area contributed by atoms with Gasteiger partial charge in [0.2, 0.25) is 0 Å². The van der Waals surface area contributed by atoms with Gasteiger partial charge in [-0.25, -0.2) is 0 Å². The van der Waals surface area contributed by atoms with E-state index in [1.807, 2.05) is 36.4 Å². The van der Waals surface area contributed by atoms with Gasteiger partial charge in [0.25, 0.3) is 0 Å². The van der Waals surface area contributed by atoms with E-state index in [9.17, 15) is 4.79 Å². The Balaban J connectivity index is 2.59. The van der Waals surface area contributed by atoms with Gasteiger partial charge in [-0.2, -0.15) is 0 Å². The summed E-state index contributed by atoms with van der Waals surface area (Å²) < 4.78 is 0. The van der Waals surface area contributed by atoms with Gasteiger partial charge < -0.3 is 0 Å². The summed E-state index contributed by atoms with van der Waals surface area (Å²) in [5.74, 6) is 0. The molecule has 0 N–H and O–H groups in total. The van der Waals surface area contributed by atoms with E-state index >= 15 is 0 Å². The van der Waals surface area contributed by atoms with Gasteiger partial charge in [-0.1, -0.05) is 36.4 Å². The third kappa shape index (κ3) is 4.26. The molecule has 0 saturated heterocycles. The molecule has 0 spiro atoms. The van der Waals surface area contributed by atoms with Crippen molar-refractivity contribution in [2.45, 2.75) is 25.7 Å². The van der Waals surface area contributed by atoms with Gasteiger partial charge in [0.05, 0.1) is 0 Å². The van der Waals surface area contributed by atoms with Crippen LogP contribution >= 0.6 is 0 Å². The van der Waals surface area contributed by atoms with Crippen molar-refractivity contribution in [2.75, 3.05) is 0 Å². The smallest absolute Gasteiger partial charge is 0.143 e. The number of hydrogen-bond acceptors (Lipinski definition) is 1. The van der Waals surface area contributed by atoms with Crippen molar-refractivity contribution in [3.05, 3.63) is 54.6 Å². The Morgan fingerprint density at radius 3 is 2.56 bits per heavy atom. The van der Waals surface area contributed by atoms with Gasteiger partial charge in [-0.05, 0) is 42.9 Å². The van der Waals surface area contributed by atoms with Crippen LogP contribution in [0.5, 0.6) is 0 Å². The lowest BCUT2D eigenvalue weighted by atomic mass is 9.99. The summed E-state index contributed by atoms with van der Waals surface area (Å²) in [7, 11) is 0. The molecule has 1 nitrogen and oxygen atoms in total. The average molecular weight is 214 g/mol. The molecule has 0 aliphatic rings. The summed E-state index contributed by atoms with van der Waals surface area (Å²) in [6, 6.07) is 10.1. The summed E-state index contributed by atoms with van der Waals surface area (Å²) in [6.45, 7) is 3.70. The number of carbonyl (C=O) groups excluding carboxylic acids is 1. The molecule has 0 fully saturated rings. The molecule has 0 aliphatic carbocycles. The van der Waals surface area contributed by atoms with Gasteiger partial charge in [-0.15, -0.1) is 6.58 Å². The Bertz CT molecular complexity index is 349. The van der Waals surface area contributed by atoms with Crippen LogP contribution in [0.4, 0.5) is 0 Å². The zero-order chi connectivity index (χ0) is 11.6. The van der Waals surface area contributed by atoms with Crippen molar-refractivity contribution in [3.8, 4) is 0 Å². The molecule has 0 aromatic heterocycles. The Hall–Kier alpha value is -1.63. The summed E-state index contributed by atoms with van der Waals surface area (Å²) >= 11 is 0. The number of rotatable bonds is 7. The molecular formula is C15H18O. The first-order valence-electron chi connectivity index (χ1n) is 5.69. The van der Waals surface area contributed by atoms with Crippen LogP contribution in [-0.4, -0.2) is 6.29 Å². The van der Waals surface area contributed by atoms with E-state index in [1.54, 1.807) is 6.08 Å². The maximum atomic E-state index is 10.6. The van der Waals surface area contributed by atoms with E-state index in [0.29, 0.717) is 0 Å². The molecule has 1 rings (SSSR count). The molecule has 1 aromatic carbocycles. The van der Waals surface area contributed by atoms with Crippen molar-refractivity contribution in [1.82, 2.24) is 0 Å². The summed E-state index contributed by atoms with van der Waals surface area (Å²) in [5, 5.41) is 0. The molecule has 1 heteroatoms. The van der Waals surface area contributed by atoms with E-state index in [-0.39, 0.29) is 0 Å². The van der Waals surface area contributed by atoms with E-state index in [0.717, 1.165) is 43.1 Å². The first-order chi connectivity index (χ1) is 7.88. The zero-order valence-corrected chi connectivity index (χ0v) is 9.56. The fourth-order valence-corrected chi connectivity index (χ4v) is 1.66. The summed E-state index contributed by atoms with van der Waals surface area (Å²) in [5.41, 5.74) is 2.27. The monoisotopic (exact) mass is 214 g/mol. The van der Waals surface area contributed by atoms with Crippen molar-refractivity contribution < 1.29 is 4.79 Å². The second-order valence-electron chi connectivity index (χ2n) is 3.73. The topological polar surface area (TPSA) is 17.1 Å². The molecule has 84 valence electrons. The quantitative estimate of drug-likeness (QED) is 0.290. The van der Waals surface area contributed by atoms with Crippen LogP contribution in [-0.2, 0) is 4.79 Å². The first-order valence-corrected chi connectivity index (χ1v) is 5.69. The summed E-state index contributed by atoms with van der Waals surface area (Å²) in [6.07, 6.45) is 8.71. The van der Waals surface area contributed by atoms with Gasteiger partial charge >= 0.3 is 0 Å². The Labute approximate surface area is 97.5 Å². The summed E-state index contributed by atoms with van der Waals surface area (Å²) in [4.78, 5) is 10.6. The fraction of sp³-hybridized carbons (Fsp3) is 0.267. The highest BCUT2D eigenvalue weighted by molar-refractivity contribution is 5.81. The van der Waals surface area contributed by atoms with E-state index in [1.165, 1.54) is 0 Å². The minimum Gasteiger partial charge on any atom is -0.299 e. The van der Waals surface area contributed by atoms with Crippen LogP contribution in [0.1, 0.15) is 31.2 Å². The largest absolute Gasteiger partial charge is 0.299 e. The van der Waals surface area contributed by atoms with Crippen LogP contribution in [0.25, 0.3) is 5.57 Å². The van der Waals surface area contributed by atoms with Crippen LogP contribution in [0, 0.1) is 0 Å². The number of benzene rings is 1. The van der Waals surface area contributed by atoms with Crippen molar-refractivity contribution in [2.24, 2.45) is 0 Å². The molecule has 0 amide bonds. The second kappa shape index (κ2) is 7.63. The third-order valence-corrected chi connectivity index (χ3v) is 2.52. The van der Waals surface area contributed by atoms with Crippen LogP contribution in [0.2, 0.25) is 0 Å². The van der Waals surface area contributed by atoms with Crippen LogP contribution in [0.3, 0.4) is 0 Å². The van der Waals surface area contributed by atoms with Gasteiger partial charge in [0, 0.05) is 0 Å². The minimum atomic E-state index is 0.871. The maximum absolute atomic E-state index is 10.6. The Morgan fingerprint density at radius 1 is 1.19 bits per heavy atom. The van der Waals surface area contributed by atoms with E-state index in [4.69, 9.17) is 0 Å². The highest BCUT2D eigenvalue weighted by Gasteiger charge is 2.00. The zero-order valence-electron chi connectivity index (χ0n) is 9.56. The standard InChI is InChI=1S/C15H18O/c1-2-3-4-6-11-15(12-13-16)14-9-7-5-8-10-14/h2,5,7-10,12-13H,1,3-4,6,11H2. The van der Waals surface area contributed by atoms with E-state index in [2.05, 4.69) is 6.58 Å². The lowest BCUT2D eigenvalue weighted by Crippen LogP contribution is -1.86. The molecule has 0 atom stereocenters. The van der Waals surface area contributed by atoms with Crippen LogP contribution < -0.4 is 0 Å². The predicted octanol–water partition coefficient (Wildman–Crippen LogP) is 4.02. The van der Waals surface area contributed by atoms with Gasteiger partial charge in [0.15, 0.2) is 0 Å². The molecular weight excluding hydrogens is 196 g/mol.